The molecular weight excluding hydrogens is 266 g/mol. The largest absolute Gasteiger partial charge is 0.476 e. The number of aryl methyl sites for hydroxylation is 1. The number of anilines is 2. The van der Waals surface area contributed by atoms with Crippen LogP contribution in [0.4, 0.5) is 11.5 Å². The van der Waals surface area contributed by atoms with Gasteiger partial charge in [0.1, 0.15) is 5.65 Å². The van der Waals surface area contributed by atoms with Gasteiger partial charge in [0.2, 0.25) is 0 Å². The van der Waals surface area contributed by atoms with Crippen molar-refractivity contribution in [3.63, 3.8) is 0 Å². The van der Waals surface area contributed by atoms with E-state index in [9.17, 15) is 9.90 Å². The third-order valence-corrected chi connectivity index (χ3v) is 3.42. The van der Waals surface area contributed by atoms with E-state index in [1.807, 2.05) is 44.3 Å². The minimum atomic E-state index is -0.997. The Morgan fingerprint density at radius 3 is 2.76 bits per heavy atom. The van der Waals surface area contributed by atoms with Crippen LogP contribution < -0.4 is 4.90 Å². The van der Waals surface area contributed by atoms with Gasteiger partial charge in [-0.05, 0) is 36.8 Å². The monoisotopic (exact) mass is 281 g/mol. The van der Waals surface area contributed by atoms with Gasteiger partial charge in [-0.15, -0.1) is 0 Å². The molecule has 2 heterocycles. The lowest BCUT2D eigenvalue weighted by atomic mass is 10.2. The Balaban J connectivity index is 2.19. The van der Waals surface area contributed by atoms with Gasteiger partial charge in [0, 0.05) is 18.9 Å². The van der Waals surface area contributed by atoms with Crippen molar-refractivity contribution < 1.29 is 9.90 Å². The topological polar surface area (TPSA) is 57.8 Å². The lowest BCUT2D eigenvalue weighted by Crippen LogP contribution is -2.15. The predicted molar refractivity (Wildman–Crippen MR) is 81.4 cm³/mol. The number of imidazole rings is 1. The van der Waals surface area contributed by atoms with Gasteiger partial charge in [-0.2, -0.15) is 0 Å². The molecule has 3 rings (SSSR count). The molecule has 0 aliphatic rings. The van der Waals surface area contributed by atoms with Crippen LogP contribution in [0.5, 0.6) is 0 Å². The molecule has 0 unspecified atom stereocenters. The summed E-state index contributed by atoms with van der Waals surface area (Å²) in [5.41, 5.74) is 2.79. The normalized spacial score (nSPS) is 10.8. The van der Waals surface area contributed by atoms with E-state index < -0.39 is 5.97 Å². The quantitative estimate of drug-likeness (QED) is 0.801. The second kappa shape index (κ2) is 4.94. The van der Waals surface area contributed by atoms with Gasteiger partial charge in [0.05, 0.1) is 0 Å². The number of carbonyl (C=O) groups is 1. The number of benzene rings is 1. The van der Waals surface area contributed by atoms with Gasteiger partial charge in [-0.3, -0.25) is 4.40 Å². The summed E-state index contributed by atoms with van der Waals surface area (Å²) >= 11 is 0. The Morgan fingerprint density at radius 2 is 2.05 bits per heavy atom. The van der Waals surface area contributed by atoms with Crippen LogP contribution in [-0.2, 0) is 0 Å². The number of fused-ring (bicyclic) bond motifs is 1. The Hall–Kier alpha value is -2.82. The minimum absolute atomic E-state index is 0.162. The summed E-state index contributed by atoms with van der Waals surface area (Å²) in [4.78, 5) is 17.9. The highest BCUT2D eigenvalue weighted by Crippen LogP contribution is 2.27. The Morgan fingerprint density at radius 1 is 1.24 bits per heavy atom. The molecule has 0 aliphatic heterocycles. The number of carboxylic acids is 1. The number of hydrogen-bond donors (Lipinski definition) is 1. The zero-order valence-corrected chi connectivity index (χ0v) is 11.8. The molecule has 1 N–H and O–H groups in total. The summed E-state index contributed by atoms with van der Waals surface area (Å²) in [5.74, 6) is -0.567. The molecule has 1 aromatic carbocycles. The van der Waals surface area contributed by atoms with E-state index in [1.54, 1.807) is 27.6 Å². The molecule has 0 aliphatic carbocycles. The number of carboxylic acid groups (broad SMARTS) is 1. The summed E-state index contributed by atoms with van der Waals surface area (Å²) in [6.07, 6.45) is 1.71. The predicted octanol–water partition coefficient (Wildman–Crippen LogP) is 3.11. The van der Waals surface area contributed by atoms with Crippen molar-refractivity contribution >= 4 is 23.1 Å². The van der Waals surface area contributed by atoms with Crippen molar-refractivity contribution in [2.75, 3.05) is 11.9 Å². The number of pyridine rings is 1. The molecular formula is C16H15N3O2. The highest BCUT2D eigenvalue weighted by atomic mass is 16.4. The maximum atomic E-state index is 11.6. The number of aromatic carboxylic acids is 1. The maximum absolute atomic E-state index is 11.6. The summed E-state index contributed by atoms with van der Waals surface area (Å²) in [7, 11) is 1.82. The second-order valence-electron chi connectivity index (χ2n) is 4.92. The van der Waals surface area contributed by atoms with Gasteiger partial charge in [-0.25, -0.2) is 9.78 Å². The molecule has 3 aromatic rings. The van der Waals surface area contributed by atoms with Gasteiger partial charge >= 0.3 is 5.97 Å². The average Bonchev–Trinajstić information content (AvgIpc) is 2.85. The van der Waals surface area contributed by atoms with E-state index in [2.05, 4.69) is 4.98 Å². The fourth-order valence-electron chi connectivity index (χ4n) is 2.37. The molecule has 0 fully saturated rings. The smallest absolute Gasteiger partial charge is 0.356 e. The maximum Gasteiger partial charge on any atom is 0.356 e. The molecule has 0 radical (unpaired) electrons. The Kier molecular flexibility index (Phi) is 3.10. The molecule has 5 heteroatoms. The first-order valence-electron chi connectivity index (χ1n) is 6.58. The summed E-state index contributed by atoms with van der Waals surface area (Å²) in [6.45, 7) is 2.00. The van der Waals surface area contributed by atoms with Crippen LogP contribution in [0, 0.1) is 6.92 Å². The third kappa shape index (κ3) is 2.23. The Bertz CT molecular complexity index is 823. The number of rotatable bonds is 3. The fourth-order valence-corrected chi connectivity index (χ4v) is 2.37. The minimum Gasteiger partial charge on any atom is -0.476 e. The molecule has 21 heavy (non-hydrogen) atoms. The zero-order valence-electron chi connectivity index (χ0n) is 11.8. The summed E-state index contributed by atoms with van der Waals surface area (Å²) in [5, 5.41) is 9.52. The van der Waals surface area contributed by atoms with Gasteiger partial charge in [0.15, 0.2) is 11.5 Å². The molecule has 0 atom stereocenters. The summed E-state index contributed by atoms with van der Waals surface area (Å²) in [6, 6.07) is 13.3. The van der Waals surface area contributed by atoms with Crippen molar-refractivity contribution in [1.82, 2.24) is 9.38 Å². The van der Waals surface area contributed by atoms with E-state index >= 15 is 0 Å². The van der Waals surface area contributed by atoms with Crippen molar-refractivity contribution in [3.8, 4) is 0 Å². The molecule has 0 amide bonds. The molecule has 5 nitrogen and oxygen atoms in total. The zero-order chi connectivity index (χ0) is 15.0. The van der Waals surface area contributed by atoms with Gasteiger partial charge in [-0.1, -0.05) is 18.2 Å². The molecule has 0 bridgehead atoms. The lowest BCUT2D eigenvalue weighted by Gasteiger charge is -2.17. The van der Waals surface area contributed by atoms with Crippen LogP contribution in [0.1, 0.15) is 16.1 Å². The first-order chi connectivity index (χ1) is 10.1. The lowest BCUT2D eigenvalue weighted by molar-refractivity contribution is 0.0690. The highest BCUT2D eigenvalue weighted by Gasteiger charge is 2.22. The number of hydrogen-bond acceptors (Lipinski definition) is 3. The first kappa shape index (κ1) is 13.2. The van der Waals surface area contributed by atoms with Crippen molar-refractivity contribution in [2.24, 2.45) is 0 Å². The average molecular weight is 281 g/mol. The van der Waals surface area contributed by atoms with E-state index in [-0.39, 0.29) is 5.69 Å². The van der Waals surface area contributed by atoms with E-state index in [4.69, 9.17) is 0 Å². The van der Waals surface area contributed by atoms with Gasteiger partial charge < -0.3 is 10.0 Å². The third-order valence-electron chi connectivity index (χ3n) is 3.42. The van der Waals surface area contributed by atoms with Crippen LogP contribution in [0.2, 0.25) is 0 Å². The molecule has 0 spiro atoms. The van der Waals surface area contributed by atoms with Crippen LogP contribution in [0.3, 0.4) is 0 Å². The van der Waals surface area contributed by atoms with E-state index in [0.29, 0.717) is 11.5 Å². The van der Waals surface area contributed by atoms with E-state index in [1.165, 1.54) is 0 Å². The van der Waals surface area contributed by atoms with Crippen LogP contribution in [0.25, 0.3) is 5.65 Å². The van der Waals surface area contributed by atoms with E-state index in [0.717, 1.165) is 11.3 Å². The molecule has 106 valence electrons. The van der Waals surface area contributed by atoms with Crippen LogP contribution >= 0.6 is 0 Å². The summed E-state index contributed by atoms with van der Waals surface area (Å²) < 4.78 is 1.59. The molecule has 0 saturated carbocycles. The SMILES string of the molecule is Cc1cccc(N(C)c2nc3ccccn3c2C(=O)O)c1. The first-order valence-corrected chi connectivity index (χ1v) is 6.58. The molecule has 0 saturated heterocycles. The van der Waals surface area contributed by atoms with Crippen LogP contribution in [-0.4, -0.2) is 27.5 Å². The van der Waals surface area contributed by atoms with Crippen LogP contribution in [0.15, 0.2) is 48.7 Å². The highest BCUT2D eigenvalue weighted by molar-refractivity contribution is 5.94. The van der Waals surface area contributed by atoms with Crippen molar-refractivity contribution in [2.45, 2.75) is 6.92 Å². The standard InChI is InChI=1S/C16H15N3O2/c1-11-6-5-7-12(10-11)18(2)15-14(16(20)21)19-9-4-3-8-13(19)17-15/h3-10H,1-2H3,(H,20,21). The van der Waals surface area contributed by atoms with Crippen molar-refractivity contribution in [1.29, 1.82) is 0 Å². The second-order valence-corrected chi connectivity index (χ2v) is 4.92. The van der Waals surface area contributed by atoms with Crippen molar-refractivity contribution in [3.05, 3.63) is 59.9 Å². The Labute approximate surface area is 122 Å². The number of aromatic nitrogens is 2. The van der Waals surface area contributed by atoms with Gasteiger partial charge in [0.25, 0.3) is 0 Å². The fraction of sp³-hybridized carbons (Fsp3) is 0.125. The number of nitrogens with zero attached hydrogens (tertiary/aromatic N) is 3. The molecule has 2 aromatic heterocycles.